The van der Waals surface area contributed by atoms with Crippen LogP contribution in [0.15, 0.2) is 58.2 Å². The molecule has 0 radical (unpaired) electrons. The molecule has 1 aliphatic carbocycles. The predicted molar refractivity (Wildman–Crippen MR) is 114 cm³/mol. The minimum absolute atomic E-state index is 0.0483. The number of rotatable bonds is 6. The minimum Gasteiger partial charge on any atom is -0.493 e. The molecule has 1 aromatic rings. The second-order valence-corrected chi connectivity index (χ2v) is 7.36. The van der Waals surface area contributed by atoms with Crippen LogP contribution in [0.1, 0.15) is 13.8 Å². The summed E-state index contributed by atoms with van der Waals surface area (Å²) in [5.41, 5.74) is 1.60. The van der Waals surface area contributed by atoms with Gasteiger partial charge in [0, 0.05) is 23.5 Å². The van der Waals surface area contributed by atoms with E-state index in [1.54, 1.807) is 0 Å². The monoisotopic (exact) mass is 381 g/mol. The van der Waals surface area contributed by atoms with Gasteiger partial charge in [0.05, 0.1) is 12.6 Å². The average Bonchev–Trinajstić information content (AvgIpc) is 2.63. The summed E-state index contributed by atoms with van der Waals surface area (Å²) >= 11 is 0. The van der Waals surface area contributed by atoms with Crippen LogP contribution >= 0.6 is 0 Å². The summed E-state index contributed by atoms with van der Waals surface area (Å²) in [7, 11) is 3.72. The summed E-state index contributed by atoms with van der Waals surface area (Å²) in [5, 5.41) is 6.09. The lowest BCUT2D eigenvalue weighted by Gasteiger charge is -2.28. The van der Waals surface area contributed by atoms with E-state index in [4.69, 9.17) is 9.73 Å². The molecule has 2 aliphatic rings. The summed E-state index contributed by atoms with van der Waals surface area (Å²) in [6.07, 6.45) is 8.02. The van der Waals surface area contributed by atoms with Crippen LogP contribution in [0.4, 0.5) is 11.4 Å². The number of hydrogen-bond acceptors (Lipinski definition) is 6. The quantitative estimate of drug-likeness (QED) is 0.794. The molecule has 0 saturated heterocycles. The number of allylic oxidation sites excluding steroid dienone is 2. The standard InChI is InChI=1S/C21H27N5O2/c1-14(2)28-18-7-5-6-15-12-22-21(25-20(15)18)24-17-10-8-16(9-11-17)23-19(27)13-26(3)4/h5-12,14-15,20H,13H2,1-4H3,(H,23,27)(H,24,25). The van der Waals surface area contributed by atoms with Crippen LogP contribution in [0.5, 0.6) is 0 Å². The molecule has 2 N–H and O–H groups in total. The molecule has 1 heterocycles. The molecular weight excluding hydrogens is 354 g/mol. The van der Waals surface area contributed by atoms with Crippen molar-refractivity contribution in [2.45, 2.75) is 26.0 Å². The minimum atomic E-state index is -0.100. The van der Waals surface area contributed by atoms with Gasteiger partial charge < -0.3 is 20.3 Å². The largest absolute Gasteiger partial charge is 0.493 e. The Hall–Kier alpha value is -2.93. The van der Waals surface area contributed by atoms with Crippen molar-refractivity contribution in [3.8, 4) is 0 Å². The van der Waals surface area contributed by atoms with E-state index in [1.807, 2.05) is 75.5 Å². The van der Waals surface area contributed by atoms with Gasteiger partial charge in [-0.15, -0.1) is 0 Å². The SMILES string of the molecule is CC(C)OC1=CC=CC2C=NC(Nc3ccc(NC(=O)CN(C)C)cc3)=NC12. The van der Waals surface area contributed by atoms with Gasteiger partial charge in [0.25, 0.3) is 0 Å². The number of carbonyl (C=O) groups is 1. The van der Waals surface area contributed by atoms with E-state index in [0.717, 1.165) is 17.1 Å². The Morgan fingerprint density at radius 3 is 2.61 bits per heavy atom. The van der Waals surface area contributed by atoms with Crippen molar-refractivity contribution in [2.24, 2.45) is 15.9 Å². The molecule has 2 unspecified atom stereocenters. The molecule has 1 amide bonds. The molecule has 7 nitrogen and oxygen atoms in total. The van der Waals surface area contributed by atoms with E-state index in [-0.39, 0.29) is 24.0 Å². The smallest absolute Gasteiger partial charge is 0.238 e. The second kappa shape index (κ2) is 8.84. The topological polar surface area (TPSA) is 78.3 Å². The third-order valence-corrected chi connectivity index (χ3v) is 4.14. The van der Waals surface area contributed by atoms with Gasteiger partial charge in [0.15, 0.2) is 0 Å². The zero-order chi connectivity index (χ0) is 20.1. The van der Waals surface area contributed by atoms with Crippen LogP contribution < -0.4 is 10.6 Å². The Labute approximate surface area is 165 Å². The summed E-state index contributed by atoms with van der Waals surface area (Å²) in [6.45, 7) is 4.36. The number of carbonyl (C=O) groups excluding carboxylic acids is 1. The van der Waals surface area contributed by atoms with Crippen molar-refractivity contribution < 1.29 is 9.53 Å². The first-order valence-electron chi connectivity index (χ1n) is 9.39. The maximum Gasteiger partial charge on any atom is 0.238 e. The Morgan fingerprint density at radius 1 is 1.21 bits per heavy atom. The second-order valence-electron chi connectivity index (χ2n) is 7.36. The van der Waals surface area contributed by atoms with Crippen molar-refractivity contribution in [3.05, 3.63) is 48.3 Å². The van der Waals surface area contributed by atoms with E-state index >= 15 is 0 Å². The molecule has 28 heavy (non-hydrogen) atoms. The van der Waals surface area contributed by atoms with Gasteiger partial charge in [-0.2, -0.15) is 0 Å². The first-order valence-corrected chi connectivity index (χ1v) is 9.39. The Balaban J connectivity index is 1.64. The van der Waals surface area contributed by atoms with Gasteiger partial charge in [0.2, 0.25) is 11.9 Å². The van der Waals surface area contributed by atoms with Gasteiger partial charge in [0.1, 0.15) is 11.8 Å². The van der Waals surface area contributed by atoms with Crippen LogP contribution in [-0.4, -0.2) is 55.8 Å². The molecule has 7 heteroatoms. The Morgan fingerprint density at radius 2 is 1.93 bits per heavy atom. The number of aliphatic imine (C=N–C) groups is 2. The van der Waals surface area contributed by atoms with Crippen LogP contribution in [0.3, 0.4) is 0 Å². The summed E-state index contributed by atoms with van der Waals surface area (Å²) < 4.78 is 5.91. The lowest BCUT2D eigenvalue weighted by atomic mass is 9.94. The van der Waals surface area contributed by atoms with Crippen molar-refractivity contribution in [3.63, 3.8) is 0 Å². The van der Waals surface area contributed by atoms with Crippen molar-refractivity contribution in [1.29, 1.82) is 0 Å². The molecule has 0 fully saturated rings. The van der Waals surface area contributed by atoms with Gasteiger partial charge in [-0.05, 0) is 58.3 Å². The fourth-order valence-electron chi connectivity index (χ4n) is 2.97. The number of ether oxygens (including phenoxy) is 1. The number of fused-ring (bicyclic) bond motifs is 1. The maximum atomic E-state index is 11.8. The molecule has 0 spiro atoms. The number of anilines is 2. The maximum absolute atomic E-state index is 11.8. The van der Waals surface area contributed by atoms with Crippen LogP contribution in [-0.2, 0) is 9.53 Å². The van der Waals surface area contributed by atoms with E-state index in [0.29, 0.717) is 12.5 Å². The van der Waals surface area contributed by atoms with Gasteiger partial charge in [-0.3, -0.25) is 4.79 Å². The zero-order valence-electron chi connectivity index (χ0n) is 16.7. The van der Waals surface area contributed by atoms with E-state index in [2.05, 4.69) is 21.7 Å². The number of hydrogen-bond donors (Lipinski definition) is 2. The first-order chi connectivity index (χ1) is 13.4. The highest BCUT2D eigenvalue weighted by atomic mass is 16.5. The Bertz CT molecular complexity index is 822. The van der Waals surface area contributed by atoms with E-state index in [9.17, 15) is 4.79 Å². The molecule has 0 saturated carbocycles. The molecule has 1 aromatic carbocycles. The highest BCUT2D eigenvalue weighted by molar-refractivity contribution is 6.01. The lowest BCUT2D eigenvalue weighted by Crippen LogP contribution is -2.31. The highest BCUT2D eigenvalue weighted by Crippen LogP contribution is 2.26. The molecule has 148 valence electrons. The fraction of sp³-hybridized carbons (Fsp3) is 0.381. The molecular formula is C21H27N5O2. The summed E-state index contributed by atoms with van der Waals surface area (Å²) in [5.74, 6) is 1.46. The first kappa shape index (κ1) is 19.8. The molecule has 0 aromatic heterocycles. The summed E-state index contributed by atoms with van der Waals surface area (Å²) in [4.78, 5) is 22.8. The number of amides is 1. The zero-order valence-corrected chi connectivity index (χ0v) is 16.7. The van der Waals surface area contributed by atoms with Crippen LogP contribution in [0, 0.1) is 5.92 Å². The number of benzene rings is 1. The highest BCUT2D eigenvalue weighted by Gasteiger charge is 2.28. The van der Waals surface area contributed by atoms with Crippen LogP contribution in [0.2, 0.25) is 0 Å². The average molecular weight is 381 g/mol. The fourth-order valence-corrected chi connectivity index (χ4v) is 2.97. The van der Waals surface area contributed by atoms with Gasteiger partial charge >= 0.3 is 0 Å². The molecule has 3 rings (SSSR count). The number of guanidine groups is 1. The van der Waals surface area contributed by atoms with Gasteiger partial charge in [-0.25, -0.2) is 9.98 Å². The normalized spacial score (nSPS) is 20.5. The number of likely N-dealkylation sites (N-methyl/N-ethyl adjacent to an activating group) is 1. The molecule has 2 atom stereocenters. The van der Waals surface area contributed by atoms with Crippen molar-refractivity contribution in [1.82, 2.24) is 4.90 Å². The van der Waals surface area contributed by atoms with Gasteiger partial charge in [-0.1, -0.05) is 12.2 Å². The van der Waals surface area contributed by atoms with E-state index in [1.165, 1.54) is 0 Å². The van der Waals surface area contributed by atoms with E-state index < -0.39 is 0 Å². The third kappa shape index (κ3) is 5.29. The third-order valence-electron chi connectivity index (χ3n) is 4.14. The molecule has 0 bridgehead atoms. The molecule has 1 aliphatic heterocycles. The number of nitrogens with zero attached hydrogens (tertiary/aromatic N) is 3. The summed E-state index contributed by atoms with van der Waals surface area (Å²) in [6, 6.07) is 7.37. The van der Waals surface area contributed by atoms with Crippen LogP contribution in [0.25, 0.3) is 0 Å². The van der Waals surface area contributed by atoms with Crippen molar-refractivity contribution >= 4 is 29.5 Å². The van der Waals surface area contributed by atoms with Crippen molar-refractivity contribution in [2.75, 3.05) is 31.3 Å². The lowest BCUT2D eigenvalue weighted by molar-refractivity contribution is -0.116. The number of nitrogens with one attached hydrogen (secondary N) is 2. The predicted octanol–water partition coefficient (Wildman–Crippen LogP) is 2.90. The Kier molecular flexibility index (Phi) is 6.26.